The Morgan fingerprint density at radius 3 is 2.79 bits per heavy atom. The van der Waals surface area contributed by atoms with E-state index < -0.39 is 4.92 Å². The third kappa shape index (κ3) is 4.96. The second kappa shape index (κ2) is 7.20. The first kappa shape index (κ1) is 15.6. The normalized spacial score (nSPS) is 11.9. The number of aliphatic hydroxyl groups excluding tert-OH is 1. The molecule has 1 aromatic carbocycles. The Morgan fingerprint density at radius 2 is 2.26 bits per heavy atom. The number of non-ortho nitro benzene ring substituents is 1. The molecule has 0 aliphatic carbocycles. The highest BCUT2D eigenvalue weighted by atomic mass is 79.9. The van der Waals surface area contributed by atoms with Gasteiger partial charge in [0, 0.05) is 29.8 Å². The quantitative estimate of drug-likeness (QED) is 0.612. The van der Waals surface area contributed by atoms with E-state index >= 15 is 0 Å². The summed E-state index contributed by atoms with van der Waals surface area (Å²) < 4.78 is 0.534. The number of nitrogens with zero attached hydrogens (tertiary/aromatic N) is 1. The standard InChI is InChI=1S/C12H15BrN2O4/c1-8(7-16)6-14-12(17)4-9-2-3-10(15(18)19)5-11(9)13/h2-3,5,8,16H,4,6-7H2,1H3,(H,14,17). The molecule has 104 valence electrons. The van der Waals surface area contributed by atoms with Gasteiger partial charge in [-0.3, -0.25) is 14.9 Å². The summed E-state index contributed by atoms with van der Waals surface area (Å²) in [6, 6.07) is 4.29. The Kier molecular flexibility index (Phi) is 5.91. The maximum absolute atomic E-state index is 11.7. The van der Waals surface area contributed by atoms with Gasteiger partial charge in [0.05, 0.1) is 11.3 Å². The molecule has 7 heteroatoms. The summed E-state index contributed by atoms with van der Waals surface area (Å²) in [5.41, 5.74) is 0.657. The van der Waals surface area contributed by atoms with Crippen LogP contribution in [0, 0.1) is 16.0 Å². The summed E-state index contributed by atoms with van der Waals surface area (Å²) in [4.78, 5) is 21.7. The number of carbonyl (C=O) groups excluding carboxylic acids is 1. The minimum Gasteiger partial charge on any atom is -0.396 e. The molecule has 0 radical (unpaired) electrons. The van der Waals surface area contributed by atoms with Crippen LogP contribution in [0.2, 0.25) is 0 Å². The summed E-state index contributed by atoms with van der Waals surface area (Å²) in [7, 11) is 0. The largest absolute Gasteiger partial charge is 0.396 e. The zero-order valence-electron chi connectivity index (χ0n) is 10.4. The molecule has 0 spiro atoms. The highest BCUT2D eigenvalue weighted by Gasteiger charge is 2.12. The summed E-state index contributed by atoms with van der Waals surface area (Å²) in [5, 5.41) is 22.1. The number of rotatable bonds is 6. The van der Waals surface area contributed by atoms with Crippen molar-refractivity contribution < 1.29 is 14.8 Å². The van der Waals surface area contributed by atoms with Crippen molar-refractivity contribution in [1.29, 1.82) is 0 Å². The van der Waals surface area contributed by atoms with Crippen molar-refractivity contribution in [3.8, 4) is 0 Å². The average Bonchev–Trinajstić information content (AvgIpc) is 2.38. The van der Waals surface area contributed by atoms with Crippen LogP contribution in [-0.4, -0.2) is 29.1 Å². The van der Waals surface area contributed by atoms with Crippen LogP contribution in [0.25, 0.3) is 0 Å². The Hall–Kier alpha value is -1.47. The van der Waals surface area contributed by atoms with E-state index in [-0.39, 0.29) is 30.5 Å². The molecule has 0 aliphatic heterocycles. The fourth-order valence-corrected chi connectivity index (χ4v) is 1.89. The van der Waals surface area contributed by atoms with Crippen LogP contribution in [-0.2, 0) is 11.2 Å². The van der Waals surface area contributed by atoms with E-state index in [2.05, 4.69) is 21.2 Å². The fraction of sp³-hybridized carbons (Fsp3) is 0.417. The van der Waals surface area contributed by atoms with Gasteiger partial charge in [-0.25, -0.2) is 0 Å². The fourth-order valence-electron chi connectivity index (χ4n) is 1.38. The Morgan fingerprint density at radius 1 is 1.58 bits per heavy atom. The third-order valence-electron chi connectivity index (χ3n) is 2.56. The number of hydrogen-bond acceptors (Lipinski definition) is 4. The van der Waals surface area contributed by atoms with Crippen LogP contribution in [0.1, 0.15) is 12.5 Å². The summed E-state index contributed by atoms with van der Waals surface area (Å²) in [5.74, 6) is -0.181. The number of benzene rings is 1. The van der Waals surface area contributed by atoms with Crippen LogP contribution in [0.3, 0.4) is 0 Å². The van der Waals surface area contributed by atoms with Gasteiger partial charge in [0.25, 0.3) is 5.69 Å². The van der Waals surface area contributed by atoms with Crippen LogP contribution in [0.15, 0.2) is 22.7 Å². The minimum absolute atomic E-state index is 0.00394. The van der Waals surface area contributed by atoms with Crippen molar-refractivity contribution in [3.05, 3.63) is 38.3 Å². The van der Waals surface area contributed by atoms with Crippen LogP contribution in [0.5, 0.6) is 0 Å². The highest BCUT2D eigenvalue weighted by Crippen LogP contribution is 2.23. The first-order valence-electron chi connectivity index (χ1n) is 5.74. The molecule has 1 amide bonds. The van der Waals surface area contributed by atoms with Crippen LogP contribution < -0.4 is 5.32 Å². The molecular formula is C12H15BrN2O4. The lowest BCUT2D eigenvalue weighted by Crippen LogP contribution is -2.30. The monoisotopic (exact) mass is 330 g/mol. The molecule has 0 aliphatic rings. The summed E-state index contributed by atoms with van der Waals surface area (Å²) >= 11 is 3.21. The lowest BCUT2D eigenvalue weighted by molar-refractivity contribution is -0.384. The molecule has 2 N–H and O–H groups in total. The van der Waals surface area contributed by atoms with Crippen molar-refractivity contribution in [2.45, 2.75) is 13.3 Å². The zero-order valence-corrected chi connectivity index (χ0v) is 12.0. The lowest BCUT2D eigenvalue weighted by atomic mass is 10.1. The number of halogens is 1. The van der Waals surface area contributed by atoms with E-state index in [1.165, 1.54) is 12.1 Å². The molecule has 1 rings (SSSR count). The van der Waals surface area contributed by atoms with E-state index in [1.54, 1.807) is 6.07 Å². The number of nitro benzene ring substituents is 1. The highest BCUT2D eigenvalue weighted by molar-refractivity contribution is 9.10. The van der Waals surface area contributed by atoms with E-state index in [1.807, 2.05) is 6.92 Å². The number of nitrogens with one attached hydrogen (secondary N) is 1. The maximum Gasteiger partial charge on any atom is 0.270 e. The molecule has 0 fully saturated rings. The molecule has 0 bridgehead atoms. The number of aliphatic hydroxyl groups is 1. The van der Waals surface area contributed by atoms with Crippen molar-refractivity contribution in [3.63, 3.8) is 0 Å². The number of amides is 1. The van der Waals surface area contributed by atoms with E-state index in [0.29, 0.717) is 16.6 Å². The zero-order chi connectivity index (χ0) is 14.4. The van der Waals surface area contributed by atoms with Gasteiger partial charge in [0.2, 0.25) is 5.91 Å². The van der Waals surface area contributed by atoms with Crippen molar-refractivity contribution in [2.75, 3.05) is 13.2 Å². The van der Waals surface area contributed by atoms with Crippen LogP contribution in [0.4, 0.5) is 5.69 Å². The Bertz CT molecular complexity index is 479. The summed E-state index contributed by atoms with van der Waals surface area (Å²) in [6.45, 7) is 2.24. The van der Waals surface area contributed by atoms with E-state index in [4.69, 9.17) is 5.11 Å². The van der Waals surface area contributed by atoms with Crippen molar-refractivity contribution in [1.82, 2.24) is 5.32 Å². The Labute approximate surface area is 119 Å². The van der Waals surface area contributed by atoms with Gasteiger partial charge in [-0.05, 0) is 11.5 Å². The molecule has 0 aromatic heterocycles. The molecule has 0 saturated carbocycles. The van der Waals surface area contributed by atoms with E-state index in [0.717, 1.165) is 0 Å². The van der Waals surface area contributed by atoms with Gasteiger partial charge in [0.15, 0.2) is 0 Å². The van der Waals surface area contributed by atoms with Crippen LogP contribution >= 0.6 is 15.9 Å². The Balaban J connectivity index is 2.62. The molecule has 6 nitrogen and oxygen atoms in total. The van der Waals surface area contributed by atoms with Gasteiger partial charge in [-0.1, -0.05) is 28.9 Å². The maximum atomic E-state index is 11.7. The second-order valence-corrected chi connectivity index (χ2v) is 5.16. The van der Waals surface area contributed by atoms with Gasteiger partial charge in [-0.15, -0.1) is 0 Å². The van der Waals surface area contributed by atoms with E-state index in [9.17, 15) is 14.9 Å². The average molecular weight is 331 g/mol. The first-order chi connectivity index (χ1) is 8.93. The molecule has 1 unspecified atom stereocenters. The van der Waals surface area contributed by atoms with Crippen molar-refractivity contribution in [2.24, 2.45) is 5.92 Å². The third-order valence-corrected chi connectivity index (χ3v) is 3.30. The number of nitro groups is 1. The molecular weight excluding hydrogens is 316 g/mol. The molecule has 1 atom stereocenters. The van der Waals surface area contributed by atoms with Gasteiger partial charge in [0.1, 0.15) is 0 Å². The first-order valence-corrected chi connectivity index (χ1v) is 6.53. The molecule has 0 heterocycles. The topological polar surface area (TPSA) is 92.5 Å². The SMILES string of the molecule is CC(CO)CNC(=O)Cc1ccc([N+](=O)[O-])cc1Br. The van der Waals surface area contributed by atoms with Crippen molar-refractivity contribution >= 4 is 27.5 Å². The second-order valence-electron chi connectivity index (χ2n) is 4.30. The smallest absolute Gasteiger partial charge is 0.270 e. The lowest BCUT2D eigenvalue weighted by Gasteiger charge is -2.10. The minimum atomic E-state index is -0.489. The molecule has 1 aromatic rings. The number of hydrogen-bond donors (Lipinski definition) is 2. The van der Waals surface area contributed by atoms with Gasteiger partial charge >= 0.3 is 0 Å². The summed E-state index contributed by atoms with van der Waals surface area (Å²) in [6.07, 6.45) is 0.136. The molecule has 0 saturated heterocycles. The predicted octanol–water partition coefficient (Wildman–Crippen LogP) is 1.64. The number of carbonyl (C=O) groups is 1. The predicted molar refractivity (Wildman–Crippen MR) is 73.8 cm³/mol. The molecule has 19 heavy (non-hydrogen) atoms. The van der Waals surface area contributed by atoms with Gasteiger partial charge in [-0.2, -0.15) is 0 Å². The van der Waals surface area contributed by atoms with Gasteiger partial charge < -0.3 is 10.4 Å².